The molecule has 23 heavy (non-hydrogen) atoms. The first kappa shape index (κ1) is 15.2. The Labute approximate surface area is 140 Å². The van der Waals surface area contributed by atoms with E-state index < -0.39 is 0 Å². The molecule has 0 aromatic heterocycles. The Bertz CT molecular complexity index is 472. The van der Waals surface area contributed by atoms with Crippen molar-refractivity contribution in [2.24, 2.45) is 35.0 Å². The summed E-state index contributed by atoms with van der Waals surface area (Å²) in [5.41, 5.74) is 0.224. The van der Waals surface area contributed by atoms with E-state index in [1.165, 1.54) is 38.5 Å². The van der Waals surface area contributed by atoms with Crippen LogP contribution in [0.5, 0.6) is 0 Å². The maximum atomic E-state index is 10.5. The van der Waals surface area contributed by atoms with E-state index in [4.69, 9.17) is 9.47 Å². The molecule has 3 nitrogen and oxygen atoms in total. The second kappa shape index (κ2) is 5.19. The number of aliphatic hydroxyl groups is 1. The molecule has 1 saturated heterocycles. The Morgan fingerprint density at radius 2 is 1.61 bits per heavy atom. The van der Waals surface area contributed by atoms with E-state index in [1.54, 1.807) is 0 Å². The predicted octanol–water partition coefficient (Wildman–Crippen LogP) is 3.74. The van der Waals surface area contributed by atoms with Gasteiger partial charge in [-0.1, -0.05) is 6.92 Å². The molecular weight excluding hydrogens is 288 g/mol. The second-order valence-corrected chi connectivity index (χ2v) is 9.42. The van der Waals surface area contributed by atoms with Gasteiger partial charge in [0.15, 0.2) is 5.79 Å². The van der Waals surface area contributed by atoms with Crippen LogP contribution in [0.2, 0.25) is 0 Å². The standard InChI is InChI=1S/C20H32O3/c1-19-8-6-15-14-7-9-20(22-10-11-23-20)12-13(14)2-3-16(15)17(19)4-5-18(19)21/h13-18,21H,2-12H2,1H3/t13-,14-,15-,16-,17-,18-,19-/m0/s1. The Balaban J connectivity index is 1.36. The Kier molecular flexibility index (Phi) is 3.42. The molecule has 1 heterocycles. The number of rotatable bonds is 0. The van der Waals surface area contributed by atoms with Crippen LogP contribution < -0.4 is 0 Å². The van der Waals surface area contributed by atoms with Crippen LogP contribution in [-0.2, 0) is 9.47 Å². The zero-order chi connectivity index (χ0) is 15.7. The number of fused-ring (bicyclic) bond motifs is 5. The SMILES string of the molecule is C[C@]12CC[C@H]3[C@H]4CCC5(C[C@@H]4CC[C@@H]3[C@@H]1CC[C@@H]2O)OCCO5. The predicted molar refractivity (Wildman–Crippen MR) is 87.8 cm³/mol. The summed E-state index contributed by atoms with van der Waals surface area (Å²) >= 11 is 0. The summed E-state index contributed by atoms with van der Waals surface area (Å²) in [4.78, 5) is 0. The average Bonchev–Trinajstić information content (AvgIpc) is 3.12. The number of hydrogen-bond acceptors (Lipinski definition) is 3. The van der Waals surface area contributed by atoms with Crippen molar-refractivity contribution in [3.8, 4) is 0 Å². The minimum Gasteiger partial charge on any atom is -0.393 e. The maximum absolute atomic E-state index is 10.5. The highest BCUT2D eigenvalue weighted by molar-refractivity contribution is 5.06. The molecule has 1 spiro atoms. The molecule has 0 radical (unpaired) electrons. The van der Waals surface area contributed by atoms with Crippen LogP contribution in [-0.4, -0.2) is 30.2 Å². The molecule has 0 aromatic rings. The van der Waals surface area contributed by atoms with Gasteiger partial charge in [0.05, 0.1) is 19.3 Å². The summed E-state index contributed by atoms with van der Waals surface area (Å²) in [6.07, 6.45) is 11.2. The molecule has 130 valence electrons. The van der Waals surface area contributed by atoms with Crippen LogP contribution in [0, 0.1) is 35.0 Å². The largest absolute Gasteiger partial charge is 0.393 e. The summed E-state index contributed by atoms with van der Waals surface area (Å²) in [6.45, 7) is 3.97. The van der Waals surface area contributed by atoms with Gasteiger partial charge in [-0.3, -0.25) is 0 Å². The molecule has 5 aliphatic rings. The van der Waals surface area contributed by atoms with Crippen molar-refractivity contribution in [3.05, 3.63) is 0 Å². The highest BCUT2D eigenvalue weighted by Crippen LogP contribution is 2.63. The van der Waals surface area contributed by atoms with Gasteiger partial charge in [-0.2, -0.15) is 0 Å². The molecule has 7 atom stereocenters. The molecule has 5 rings (SSSR count). The summed E-state index contributed by atoms with van der Waals surface area (Å²) in [6, 6.07) is 0. The van der Waals surface area contributed by atoms with Crippen LogP contribution >= 0.6 is 0 Å². The minimum absolute atomic E-state index is 0.0407. The van der Waals surface area contributed by atoms with E-state index in [0.29, 0.717) is 0 Å². The fourth-order valence-corrected chi connectivity index (χ4v) is 7.56. The maximum Gasteiger partial charge on any atom is 0.168 e. The van der Waals surface area contributed by atoms with Crippen molar-refractivity contribution in [2.75, 3.05) is 13.2 Å². The quantitative estimate of drug-likeness (QED) is 0.739. The fraction of sp³-hybridized carbons (Fsp3) is 1.00. The highest BCUT2D eigenvalue weighted by atomic mass is 16.7. The first-order chi connectivity index (χ1) is 11.1. The van der Waals surface area contributed by atoms with Crippen molar-refractivity contribution in [3.63, 3.8) is 0 Å². The Morgan fingerprint density at radius 3 is 2.43 bits per heavy atom. The summed E-state index contributed by atoms with van der Waals surface area (Å²) < 4.78 is 12.0. The summed E-state index contributed by atoms with van der Waals surface area (Å²) in [5, 5.41) is 10.5. The molecule has 3 heteroatoms. The Morgan fingerprint density at radius 1 is 0.826 bits per heavy atom. The van der Waals surface area contributed by atoms with Gasteiger partial charge in [0.25, 0.3) is 0 Å². The van der Waals surface area contributed by atoms with E-state index in [1.807, 2.05) is 0 Å². The van der Waals surface area contributed by atoms with Crippen molar-refractivity contribution >= 4 is 0 Å². The van der Waals surface area contributed by atoms with Crippen LogP contribution in [0.3, 0.4) is 0 Å². The van der Waals surface area contributed by atoms with Gasteiger partial charge in [0, 0.05) is 12.8 Å². The highest BCUT2D eigenvalue weighted by Gasteiger charge is 2.58. The molecule has 0 amide bonds. The third-order valence-corrected chi connectivity index (χ3v) is 8.71. The molecule has 0 unspecified atom stereocenters. The zero-order valence-corrected chi connectivity index (χ0v) is 14.5. The fourth-order valence-electron chi connectivity index (χ4n) is 7.56. The van der Waals surface area contributed by atoms with Crippen molar-refractivity contribution in [2.45, 2.75) is 76.6 Å². The van der Waals surface area contributed by atoms with Gasteiger partial charge < -0.3 is 14.6 Å². The lowest BCUT2D eigenvalue weighted by molar-refractivity contribution is -0.210. The van der Waals surface area contributed by atoms with Crippen molar-refractivity contribution < 1.29 is 14.6 Å². The lowest BCUT2D eigenvalue weighted by Crippen LogP contribution is -2.51. The van der Waals surface area contributed by atoms with Gasteiger partial charge >= 0.3 is 0 Å². The van der Waals surface area contributed by atoms with E-state index >= 15 is 0 Å². The van der Waals surface area contributed by atoms with Crippen LogP contribution in [0.15, 0.2) is 0 Å². The molecule has 4 saturated carbocycles. The third-order valence-electron chi connectivity index (χ3n) is 8.71. The van der Waals surface area contributed by atoms with Gasteiger partial charge in [-0.15, -0.1) is 0 Å². The van der Waals surface area contributed by atoms with Crippen LogP contribution in [0.1, 0.15) is 64.7 Å². The topological polar surface area (TPSA) is 38.7 Å². The molecule has 4 aliphatic carbocycles. The minimum atomic E-state index is -0.208. The van der Waals surface area contributed by atoms with Crippen LogP contribution in [0.25, 0.3) is 0 Å². The van der Waals surface area contributed by atoms with Gasteiger partial charge in [-0.25, -0.2) is 0 Å². The lowest BCUT2D eigenvalue weighted by atomic mass is 9.50. The second-order valence-electron chi connectivity index (χ2n) is 9.42. The molecule has 0 bridgehead atoms. The van der Waals surface area contributed by atoms with E-state index in [9.17, 15) is 5.11 Å². The molecule has 1 aliphatic heterocycles. The van der Waals surface area contributed by atoms with Crippen LogP contribution in [0.4, 0.5) is 0 Å². The average molecular weight is 320 g/mol. The lowest BCUT2D eigenvalue weighted by Gasteiger charge is -2.56. The smallest absolute Gasteiger partial charge is 0.168 e. The van der Waals surface area contributed by atoms with Crippen molar-refractivity contribution in [1.82, 2.24) is 0 Å². The van der Waals surface area contributed by atoms with E-state index in [2.05, 4.69) is 6.92 Å². The number of aliphatic hydroxyl groups excluding tert-OH is 1. The van der Waals surface area contributed by atoms with Gasteiger partial charge in [0.2, 0.25) is 0 Å². The third kappa shape index (κ3) is 2.12. The zero-order valence-electron chi connectivity index (χ0n) is 14.5. The normalized spacial score (nSPS) is 54.5. The first-order valence-electron chi connectivity index (χ1n) is 10.1. The molecule has 5 fully saturated rings. The number of hydrogen-bond donors (Lipinski definition) is 1. The van der Waals surface area contributed by atoms with Gasteiger partial charge in [-0.05, 0) is 80.0 Å². The van der Waals surface area contributed by atoms with E-state index in [-0.39, 0.29) is 17.3 Å². The molecular formula is C20H32O3. The summed E-state index contributed by atoms with van der Waals surface area (Å²) in [5.74, 6) is 4.09. The summed E-state index contributed by atoms with van der Waals surface area (Å²) in [7, 11) is 0. The molecule has 0 aromatic carbocycles. The van der Waals surface area contributed by atoms with Gasteiger partial charge in [0.1, 0.15) is 0 Å². The molecule has 1 N–H and O–H groups in total. The Hall–Kier alpha value is -0.120. The number of ether oxygens (including phenoxy) is 2. The monoisotopic (exact) mass is 320 g/mol. The first-order valence-corrected chi connectivity index (χ1v) is 10.1. The van der Waals surface area contributed by atoms with Crippen molar-refractivity contribution in [1.29, 1.82) is 0 Å². The van der Waals surface area contributed by atoms with E-state index in [0.717, 1.165) is 62.1 Å².